The molecule has 0 saturated heterocycles. The molecular weight excluding hydrogens is 473 g/mol. The summed E-state index contributed by atoms with van der Waals surface area (Å²) in [5.74, 6) is -2.00. The fourth-order valence-corrected chi connectivity index (χ4v) is 4.24. The van der Waals surface area contributed by atoms with Gasteiger partial charge in [0.1, 0.15) is 4.90 Å². The van der Waals surface area contributed by atoms with E-state index >= 15 is 0 Å². The van der Waals surface area contributed by atoms with Gasteiger partial charge in [-0.05, 0) is 30.2 Å². The molecule has 12 heteroatoms. The number of hydrogen-bond donors (Lipinski definition) is 4. The molecule has 0 aromatic heterocycles. The second-order valence-corrected chi connectivity index (χ2v) is 8.49. The van der Waals surface area contributed by atoms with Gasteiger partial charge in [-0.3, -0.25) is 19.1 Å². The van der Waals surface area contributed by atoms with Crippen LogP contribution in [0.15, 0.2) is 64.5 Å². The molecule has 34 heavy (non-hydrogen) atoms. The molecule has 0 fully saturated rings. The van der Waals surface area contributed by atoms with Gasteiger partial charge in [0.05, 0.1) is 34.8 Å². The van der Waals surface area contributed by atoms with E-state index in [4.69, 9.17) is 10.8 Å². The maximum absolute atomic E-state index is 13.3. The molecule has 10 nitrogen and oxygen atoms in total. The zero-order chi connectivity index (χ0) is 23.9. The first kappa shape index (κ1) is 25.6. The molecule has 0 amide bonds. The zero-order valence-electron chi connectivity index (χ0n) is 17.8. The number of carbonyl (C=O) groups excluding carboxylic acids is 2. The predicted molar refractivity (Wildman–Crippen MR) is 118 cm³/mol. The quantitative estimate of drug-likeness (QED) is 0.0845. The Morgan fingerprint density at radius 2 is 1.62 bits per heavy atom. The predicted octanol–water partition coefficient (Wildman–Crippen LogP) is -1.58. The minimum absolute atomic E-state index is 0. The molecule has 0 heterocycles. The number of anilines is 3. The molecule has 0 saturated carbocycles. The van der Waals surface area contributed by atoms with Gasteiger partial charge < -0.3 is 21.3 Å². The number of ketones is 2. The fraction of sp³-hybridized carbons (Fsp3) is 0.0455. The number of nitrogens with two attached hydrogens (primary N) is 1. The van der Waals surface area contributed by atoms with E-state index in [1.807, 2.05) is 0 Å². The van der Waals surface area contributed by atoms with E-state index in [9.17, 15) is 27.7 Å². The van der Waals surface area contributed by atoms with Gasteiger partial charge in [0.2, 0.25) is 0 Å². The van der Waals surface area contributed by atoms with Crippen LogP contribution in [0.4, 0.5) is 22.7 Å². The molecule has 0 atom stereocenters. The Kier molecular flexibility index (Phi) is 7.26. The van der Waals surface area contributed by atoms with Gasteiger partial charge in [0.15, 0.2) is 11.6 Å². The number of aliphatic hydroxyl groups is 1. The summed E-state index contributed by atoms with van der Waals surface area (Å²) in [6, 6.07) is 13.0. The number of fused-ring (bicyclic) bond motifs is 2. The Balaban J connectivity index is 0.00000324. The molecule has 0 bridgehead atoms. The average molecular weight is 489 g/mol. The summed E-state index contributed by atoms with van der Waals surface area (Å²) in [7, 11) is -4.85. The Hall–Kier alpha value is -3.06. The number of nitrogen functional groups attached to an aromatic ring is 1. The van der Waals surface area contributed by atoms with Gasteiger partial charge in [0.25, 0.3) is 10.1 Å². The van der Waals surface area contributed by atoms with E-state index in [0.29, 0.717) is 0 Å². The summed E-state index contributed by atoms with van der Waals surface area (Å²) in [6.45, 7) is -0.781. The third-order valence-electron chi connectivity index (χ3n) is 4.99. The summed E-state index contributed by atoms with van der Waals surface area (Å²) < 4.78 is 33.6. The zero-order valence-corrected chi connectivity index (χ0v) is 20.6. The molecule has 1 aliphatic rings. The largest absolute Gasteiger partial charge is 1.00 e. The van der Waals surface area contributed by atoms with E-state index in [-0.39, 0.29) is 68.9 Å². The third-order valence-corrected chi connectivity index (χ3v) is 5.89. The monoisotopic (exact) mass is 489 g/mol. The molecule has 1 aliphatic carbocycles. The maximum Gasteiger partial charge on any atom is 1.00 e. The molecule has 4 rings (SSSR count). The molecule has 0 unspecified atom stereocenters. The normalized spacial score (nSPS) is 13.1. The summed E-state index contributed by atoms with van der Waals surface area (Å²) in [6.07, 6.45) is 0. The Morgan fingerprint density at radius 3 is 2.21 bits per heavy atom. The van der Waals surface area contributed by atoms with Crippen molar-refractivity contribution in [3.8, 4) is 0 Å². The Labute approximate surface area is 216 Å². The number of carbonyl (C=O) groups is 2. The van der Waals surface area contributed by atoms with Crippen molar-refractivity contribution in [2.24, 2.45) is 4.99 Å². The first-order chi connectivity index (χ1) is 15.6. The van der Waals surface area contributed by atoms with E-state index < -0.39 is 44.8 Å². The maximum atomic E-state index is 13.3. The Bertz CT molecular complexity index is 1470. The number of nitrogens with one attached hydrogen (secondary N) is 1. The van der Waals surface area contributed by atoms with Crippen LogP contribution in [0.25, 0.3) is 0 Å². The van der Waals surface area contributed by atoms with Crippen molar-refractivity contribution in [2.45, 2.75) is 4.90 Å². The topological polar surface area (TPSA) is 182 Å². The summed E-state index contributed by atoms with van der Waals surface area (Å²) in [5.41, 5.74) is 5.47. The minimum atomic E-state index is -4.85. The molecule has 0 radical (unpaired) electrons. The molecule has 0 spiro atoms. The van der Waals surface area contributed by atoms with Crippen LogP contribution < -0.4 is 45.7 Å². The smallest absolute Gasteiger partial charge is 0.860 e. The van der Waals surface area contributed by atoms with Gasteiger partial charge in [-0.1, -0.05) is 30.3 Å². The number of aliphatic imine (C=N–C) groups is 1. The van der Waals surface area contributed by atoms with Crippen LogP contribution in [0.5, 0.6) is 0 Å². The molecule has 3 aromatic carbocycles. The molecule has 5 N–H and O–H groups in total. The van der Waals surface area contributed by atoms with Crippen molar-refractivity contribution >= 4 is 50.3 Å². The average Bonchev–Trinajstić information content (AvgIpc) is 2.77. The van der Waals surface area contributed by atoms with Crippen LogP contribution >= 0.6 is 0 Å². The number of aliphatic hydroxyl groups excluding tert-OH is 1. The summed E-state index contributed by atoms with van der Waals surface area (Å²) in [4.78, 5) is 29.4. The first-order valence-corrected chi connectivity index (χ1v) is 10.9. The van der Waals surface area contributed by atoms with Gasteiger partial charge in [0, 0.05) is 16.8 Å². The van der Waals surface area contributed by atoms with Crippen molar-refractivity contribution in [3.63, 3.8) is 0 Å². The van der Waals surface area contributed by atoms with E-state index in [1.165, 1.54) is 30.3 Å². The van der Waals surface area contributed by atoms with E-state index in [0.717, 1.165) is 6.07 Å². The number of rotatable bonds is 5. The molecule has 3 aromatic rings. The number of benzene rings is 3. The van der Waals surface area contributed by atoms with Crippen LogP contribution in [0.3, 0.4) is 0 Å². The van der Waals surface area contributed by atoms with Crippen molar-refractivity contribution in [1.29, 1.82) is 0 Å². The van der Waals surface area contributed by atoms with Gasteiger partial charge in [-0.25, -0.2) is 0 Å². The standard InChI is InChI=1S/C22H17N3O7S.Na/c23-20-16(33(30,31)32)9-15(24-11-4-3-5-12(8-11)25-17(27)10-26)18-19(20)22(29)14-7-2-1-6-13(14)21(18)28;/h1-9,24,26H,10,23H2,(H,25,27)(H,30,31,32);/q;+1/p-1. The third kappa shape index (κ3) is 4.62. The van der Waals surface area contributed by atoms with Crippen LogP contribution in [0.1, 0.15) is 31.8 Å². The molecule has 168 valence electrons. The molecule has 0 aliphatic heterocycles. The van der Waals surface area contributed by atoms with Gasteiger partial charge in [-0.15, -0.1) is 0 Å². The van der Waals surface area contributed by atoms with Crippen LogP contribution in [0, 0.1) is 0 Å². The van der Waals surface area contributed by atoms with Crippen molar-refractivity contribution in [3.05, 3.63) is 76.9 Å². The fourth-order valence-electron chi connectivity index (χ4n) is 3.59. The van der Waals surface area contributed by atoms with E-state index in [2.05, 4.69) is 10.3 Å². The Morgan fingerprint density at radius 1 is 1.00 bits per heavy atom. The second-order valence-electron chi connectivity index (χ2n) is 7.10. The van der Waals surface area contributed by atoms with Crippen molar-refractivity contribution in [2.75, 3.05) is 17.7 Å². The number of hydrogen-bond acceptors (Lipinski definition) is 9. The second kappa shape index (κ2) is 9.66. The van der Waals surface area contributed by atoms with E-state index in [1.54, 1.807) is 18.2 Å². The van der Waals surface area contributed by atoms with Crippen molar-refractivity contribution in [1.82, 2.24) is 0 Å². The van der Waals surface area contributed by atoms with Crippen LogP contribution in [-0.2, 0) is 10.1 Å². The van der Waals surface area contributed by atoms with Crippen LogP contribution in [0.2, 0.25) is 0 Å². The van der Waals surface area contributed by atoms with Crippen molar-refractivity contribution < 1.29 is 62.3 Å². The van der Waals surface area contributed by atoms with Gasteiger partial charge >= 0.3 is 29.6 Å². The SMILES string of the molecule is Nc1c(S(=O)(=O)O)cc(Nc2cccc(N=C([O-])CO)c2)c2c1C(=O)c1ccccc1C2=O.[Na+]. The first-order valence-electron chi connectivity index (χ1n) is 9.46. The minimum Gasteiger partial charge on any atom is -0.860 e. The number of nitrogens with zero attached hydrogens (tertiary/aromatic N) is 1. The molecular formula is C22H16N3NaO7S. The summed E-state index contributed by atoms with van der Waals surface area (Å²) >= 11 is 0. The van der Waals surface area contributed by atoms with Gasteiger partial charge in [-0.2, -0.15) is 8.42 Å². The summed E-state index contributed by atoms with van der Waals surface area (Å²) in [5, 5.41) is 23.1. The van der Waals surface area contributed by atoms with Crippen LogP contribution in [-0.4, -0.2) is 42.1 Å².